The van der Waals surface area contributed by atoms with Crippen LogP contribution in [-0.4, -0.2) is 32.6 Å². The highest BCUT2D eigenvalue weighted by Crippen LogP contribution is 2.31. The average Bonchev–Trinajstić information content (AvgIpc) is 3.09. The number of benzene rings is 2. The Morgan fingerprint density at radius 2 is 1.85 bits per heavy atom. The minimum atomic E-state index is -0.457. The fourth-order valence-corrected chi connectivity index (χ4v) is 3.01. The lowest BCUT2D eigenvalue weighted by Gasteiger charge is -2.17. The molecule has 1 atom stereocenters. The van der Waals surface area contributed by atoms with E-state index in [4.69, 9.17) is 14.7 Å². The highest BCUT2D eigenvalue weighted by molar-refractivity contribution is 6.03. The van der Waals surface area contributed by atoms with Crippen molar-refractivity contribution in [2.75, 3.05) is 31.0 Å². The lowest BCUT2D eigenvalue weighted by Crippen LogP contribution is -2.28. The molecule has 1 N–H and O–H groups in total. The van der Waals surface area contributed by atoms with Crippen LogP contribution >= 0.6 is 0 Å². The number of hydrogen-bond acceptors (Lipinski definition) is 5. The number of rotatable bonds is 5. The first kappa shape index (κ1) is 18.3. The van der Waals surface area contributed by atoms with E-state index in [1.807, 2.05) is 6.07 Å². The van der Waals surface area contributed by atoms with Crippen LogP contribution in [0, 0.1) is 17.2 Å². The van der Waals surface area contributed by atoms with Crippen molar-refractivity contribution in [3.63, 3.8) is 0 Å². The number of anilines is 2. The van der Waals surface area contributed by atoms with Crippen molar-refractivity contribution in [2.45, 2.75) is 6.42 Å². The highest BCUT2D eigenvalue weighted by atomic mass is 16.5. The first-order chi connectivity index (χ1) is 13.0. The van der Waals surface area contributed by atoms with E-state index in [0.717, 1.165) is 0 Å². The van der Waals surface area contributed by atoms with Crippen LogP contribution in [0.5, 0.6) is 11.5 Å². The van der Waals surface area contributed by atoms with Gasteiger partial charge in [0.1, 0.15) is 0 Å². The van der Waals surface area contributed by atoms with Gasteiger partial charge in [-0.15, -0.1) is 0 Å². The van der Waals surface area contributed by atoms with Gasteiger partial charge in [0.2, 0.25) is 11.8 Å². The summed E-state index contributed by atoms with van der Waals surface area (Å²) < 4.78 is 10.4. The number of nitrogens with one attached hydrogen (secondary N) is 1. The van der Waals surface area contributed by atoms with E-state index in [1.54, 1.807) is 47.4 Å². The lowest BCUT2D eigenvalue weighted by molar-refractivity contribution is -0.122. The molecule has 2 aromatic rings. The van der Waals surface area contributed by atoms with E-state index in [2.05, 4.69) is 5.32 Å². The fraction of sp³-hybridized carbons (Fsp3) is 0.250. The van der Waals surface area contributed by atoms with Crippen LogP contribution in [0.15, 0.2) is 42.5 Å². The molecule has 1 fully saturated rings. The third-order valence-corrected chi connectivity index (χ3v) is 4.45. The van der Waals surface area contributed by atoms with Gasteiger partial charge in [0.25, 0.3) is 0 Å². The van der Waals surface area contributed by atoms with Crippen molar-refractivity contribution in [3.05, 3.63) is 48.0 Å². The normalized spacial score (nSPS) is 16.0. The van der Waals surface area contributed by atoms with Crippen molar-refractivity contribution in [1.82, 2.24) is 0 Å². The van der Waals surface area contributed by atoms with E-state index in [-0.39, 0.29) is 18.2 Å². The summed E-state index contributed by atoms with van der Waals surface area (Å²) in [5.41, 5.74) is 1.77. The van der Waals surface area contributed by atoms with E-state index in [9.17, 15) is 9.59 Å². The lowest BCUT2D eigenvalue weighted by atomic mass is 10.1. The Bertz CT molecular complexity index is 902. The van der Waals surface area contributed by atoms with Crippen LogP contribution < -0.4 is 19.7 Å². The minimum absolute atomic E-state index is 0.118. The van der Waals surface area contributed by atoms with Crippen LogP contribution in [-0.2, 0) is 9.59 Å². The molecule has 0 bridgehead atoms. The van der Waals surface area contributed by atoms with Gasteiger partial charge >= 0.3 is 0 Å². The minimum Gasteiger partial charge on any atom is -0.493 e. The van der Waals surface area contributed by atoms with Crippen LogP contribution in [0.25, 0.3) is 0 Å². The summed E-state index contributed by atoms with van der Waals surface area (Å²) in [6.45, 7) is 0.295. The molecular weight excluding hydrogens is 346 g/mol. The highest BCUT2D eigenvalue weighted by Gasteiger charge is 2.35. The van der Waals surface area contributed by atoms with Gasteiger partial charge in [-0.1, -0.05) is 0 Å². The molecule has 0 aliphatic carbocycles. The number of carbonyl (C=O) groups excluding carboxylic acids is 2. The number of nitriles is 1. The zero-order valence-corrected chi connectivity index (χ0v) is 15.1. The molecule has 0 aromatic heterocycles. The maximum absolute atomic E-state index is 12.6. The van der Waals surface area contributed by atoms with Gasteiger partial charge in [-0.3, -0.25) is 9.59 Å². The van der Waals surface area contributed by atoms with Crippen LogP contribution in [0.1, 0.15) is 12.0 Å². The van der Waals surface area contributed by atoms with Gasteiger partial charge in [-0.05, 0) is 36.4 Å². The number of ether oxygens (including phenoxy) is 2. The third-order valence-electron chi connectivity index (χ3n) is 4.45. The summed E-state index contributed by atoms with van der Waals surface area (Å²) in [6, 6.07) is 13.9. The number of nitrogens with zero attached hydrogens (tertiary/aromatic N) is 2. The van der Waals surface area contributed by atoms with E-state index in [1.165, 1.54) is 14.2 Å². The molecule has 1 aliphatic rings. The van der Waals surface area contributed by atoms with Gasteiger partial charge in [-0.25, -0.2) is 0 Å². The fourth-order valence-electron chi connectivity index (χ4n) is 3.01. The standard InChI is InChI=1S/C20H19N3O4/c1-26-17-8-5-15(10-18(17)27-2)22-20(25)14-9-19(24)23(12-14)16-6-3-13(11-21)4-7-16/h3-8,10,14H,9,12H2,1-2H3,(H,22,25). The van der Waals surface area contributed by atoms with E-state index >= 15 is 0 Å². The predicted molar refractivity (Wildman–Crippen MR) is 99.8 cm³/mol. The third kappa shape index (κ3) is 3.85. The first-order valence-electron chi connectivity index (χ1n) is 8.39. The number of amides is 2. The Morgan fingerprint density at radius 3 is 2.48 bits per heavy atom. The Morgan fingerprint density at radius 1 is 1.15 bits per heavy atom. The van der Waals surface area contributed by atoms with Crippen LogP contribution in [0.4, 0.5) is 11.4 Å². The van der Waals surface area contributed by atoms with Crippen LogP contribution in [0.2, 0.25) is 0 Å². The summed E-state index contributed by atoms with van der Waals surface area (Å²) in [5.74, 6) is 0.274. The molecular formula is C20H19N3O4. The summed E-state index contributed by atoms with van der Waals surface area (Å²) in [4.78, 5) is 26.5. The molecule has 1 heterocycles. The quantitative estimate of drug-likeness (QED) is 0.879. The summed E-state index contributed by atoms with van der Waals surface area (Å²) in [6.07, 6.45) is 0.138. The molecule has 0 saturated carbocycles. The molecule has 1 unspecified atom stereocenters. The summed E-state index contributed by atoms with van der Waals surface area (Å²) >= 11 is 0. The largest absolute Gasteiger partial charge is 0.493 e. The van der Waals surface area contributed by atoms with Gasteiger partial charge in [0, 0.05) is 30.4 Å². The molecule has 7 heteroatoms. The van der Waals surface area contributed by atoms with Crippen molar-refractivity contribution >= 4 is 23.2 Å². The Balaban J connectivity index is 1.69. The summed E-state index contributed by atoms with van der Waals surface area (Å²) in [7, 11) is 3.06. The molecule has 2 amide bonds. The Kier molecular flexibility index (Phi) is 5.27. The maximum Gasteiger partial charge on any atom is 0.229 e. The number of hydrogen-bond donors (Lipinski definition) is 1. The van der Waals surface area contributed by atoms with Crippen LogP contribution in [0.3, 0.4) is 0 Å². The van der Waals surface area contributed by atoms with E-state index < -0.39 is 5.92 Å². The van der Waals surface area contributed by atoms with Gasteiger partial charge in [0.05, 0.1) is 31.8 Å². The zero-order chi connectivity index (χ0) is 19.4. The molecule has 1 aliphatic heterocycles. The first-order valence-corrected chi connectivity index (χ1v) is 8.39. The second kappa shape index (κ2) is 7.79. The average molecular weight is 365 g/mol. The maximum atomic E-state index is 12.6. The second-order valence-corrected chi connectivity index (χ2v) is 6.12. The van der Waals surface area contributed by atoms with Gasteiger partial charge in [0.15, 0.2) is 11.5 Å². The van der Waals surface area contributed by atoms with Gasteiger partial charge in [-0.2, -0.15) is 5.26 Å². The molecule has 0 spiro atoms. The molecule has 1 saturated heterocycles. The second-order valence-electron chi connectivity index (χ2n) is 6.12. The smallest absolute Gasteiger partial charge is 0.229 e. The zero-order valence-electron chi connectivity index (χ0n) is 15.1. The van der Waals surface area contributed by atoms with Crippen molar-refractivity contribution in [3.8, 4) is 17.6 Å². The molecule has 27 heavy (non-hydrogen) atoms. The monoisotopic (exact) mass is 365 g/mol. The van der Waals surface area contributed by atoms with Crippen molar-refractivity contribution in [1.29, 1.82) is 5.26 Å². The number of methoxy groups -OCH3 is 2. The molecule has 2 aromatic carbocycles. The topological polar surface area (TPSA) is 91.7 Å². The SMILES string of the molecule is COc1ccc(NC(=O)C2CC(=O)N(c3ccc(C#N)cc3)C2)cc1OC. The molecule has 138 valence electrons. The number of carbonyl (C=O) groups is 2. The van der Waals surface area contributed by atoms with Gasteiger partial charge < -0.3 is 19.7 Å². The molecule has 7 nitrogen and oxygen atoms in total. The predicted octanol–water partition coefficient (Wildman–Crippen LogP) is 2.57. The Hall–Kier alpha value is -3.53. The Labute approximate surface area is 157 Å². The van der Waals surface area contributed by atoms with Crippen molar-refractivity contribution in [2.24, 2.45) is 5.92 Å². The molecule has 0 radical (unpaired) electrons. The summed E-state index contributed by atoms with van der Waals surface area (Å²) in [5, 5.41) is 11.7. The van der Waals surface area contributed by atoms with E-state index in [0.29, 0.717) is 35.0 Å². The molecule has 3 rings (SSSR count). The van der Waals surface area contributed by atoms with Crippen molar-refractivity contribution < 1.29 is 19.1 Å².